The first-order chi connectivity index (χ1) is 2.27. The second kappa shape index (κ2) is 3.54. The average molecular weight is 113 g/mol. The average Bonchev–Trinajstić information content (AvgIpc) is 1.38. The summed E-state index contributed by atoms with van der Waals surface area (Å²) < 4.78 is 15.7. The van der Waals surface area contributed by atoms with Gasteiger partial charge in [0.15, 0.2) is 7.18 Å². The van der Waals surface area contributed by atoms with Crippen LogP contribution in [-0.2, 0) is 25.3 Å². The molecule has 0 fully saturated rings. The van der Waals surface area contributed by atoms with Crippen molar-refractivity contribution >= 4 is 27.9 Å². The van der Waals surface area contributed by atoms with Crippen molar-refractivity contribution in [1.82, 2.24) is 0 Å². The highest BCUT2D eigenvalue weighted by molar-refractivity contribution is 8.29. The van der Waals surface area contributed by atoms with Crippen LogP contribution in [0, 0.1) is 0 Å². The van der Waals surface area contributed by atoms with E-state index in [0.717, 1.165) is 0 Å². The van der Waals surface area contributed by atoms with Gasteiger partial charge in [-0.2, -0.15) is 0 Å². The van der Waals surface area contributed by atoms with Gasteiger partial charge in [-0.3, -0.25) is 4.57 Å². The van der Waals surface area contributed by atoms with Crippen LogP contribution < -0.4 is 0 Å². The largest absolute Gasteiger partial charge is 0.274 e. The van der Waals surface area contributed by atoms with Crippen LogP contribution in [0.15, 0.2) is 0 Å². The van der Waals surface area contributed by atoms with Gasteiger partial charge in [0.25, 0.3) is 0 Å². The maximum Gasteiger partial charge on any atom is 0.151 e. The van der Waals surface area contributed by atoms with E-state index in [4.69, 9.17) is 1.28 Å². The van der Waals surface area contributed by atoms with Crippen LogP contribution in [0.5, 0.6) is 0 Å². The van der Waals surface area contributed by atoms with Crippen LogP contribution in [0.1, 0.15) is 0 Å². The summed E-state index contributed by atoms with van der Waals surface area (Å²) in [5.74, 6) is 0. The van der Waals surface area contributed by atoms with Crippen LogP contribution in [0.3, 0.4) is 0 Å². The Kier molecular flexibility index (Phi) is 2.44. The summed E-state index contributed by atoms with van der Waals surface area (Å²) in [6.45, 7) is 0. The Labute approximate surface area is 34.4 Å². The van der Waals surface area contributed by atoms with Gasteiger partial charge in [0.1, 0.15) is 1.28 Å². The first kappa shape index (κ1) is 2.76. The highest BCUT2D eigenvalue weighted by Crippen LogP contribution is 1.56. The molecular formula is HOPS2. The molecule has 0 aliphatic carbocycles. The van der Waals surface area contributed by atoms with Gasteiger partial charge >= 0.3 is 0 Å². The molecule has 0 aliphatic rings. The zero-order valence-electron chi connectivity index (χ0n) is 2.67. The topological polar surface area (TPSA) is 17.1 Å². The summed E-state index contributed by atoms with van der Waals surface area (Å²) in [6, 6.07) is 0. The van der Waals surface area contributed by atoms with Crippen molar-refractivity contribution in [2.75, 3.05) is 0 Å². The van der Waals surface area contributed by atoms with Gasteiger partial charge in [-0.05, 0) is 20.7 Å². The molecule has 4 heavy (non-hydrogen) atoms. The molecule has 0 aliphatic heterocycles. The summed E-state index contributed by atoms with van der Waals surface area (Å²) in [5, 5.41) is 0. The van der Waals surface area contributed by atoms with Crippen LogP contribution in [0.25, 0.3) is 0 Å². The van der Waals surface area contributed by atoms with E-state index in [-0.39, 0.29) is 0 Å². The molecule has 0 rings (SSSR count). The van der Waals surface area contributed by atoms with E-state index < -0.39 is 7.18 Å². The third kappa shape index (κ3) is 2.54. The molecule has 1 atom stereocenters. The summed E-state index contributed by atoms with van der Waals surface area (Å²) in [6.07, 6.45) is 0. The molecule has 1 nitrogen and oxygen atoms in total. The smallest absolute Gasteiger partial charge is 0.151 e. The van der Waals surface area contributed by atoms with E-state index in [1.807, 2.05) is 0 Å². The molecule has 0 spiro atoms. The molecule has 0 bridgehead atoms. The minimum Gasteiger partial charge on any atom is -0.274 e. The van der Waals surface area contributed by atoms with E-state index in [9.17, 15) is 4.57 Å². The van der Waals surface area contributed by atoms with Crippen molar-refractivity contribution in [3.63, 3.8) is 0 Å². The fourth-order valence-corrected chi connectivity index (χ4v) is 0. The maximum atomic E-state index is 9.49. The number of rotatable bonds is 0. The lowest BCUT2D eigenvalue weighted by atomic mass is 16.0. The summed E-state index contributed by atoms with van der Waals surface area (Å²) in [5.41, 5.74) is 0. The molecule has 0 aromatic rings. The molecule has 0 aromatic heterocycles. The Morgan fingerprint density at radius 2 is 2.75 bits per heavy atom. The van der Waals surface area contributed by atoms with Crippen molar-refractivity contribution < 1.29 is 4.57 Å². The second-order valence-corrected chi connectivity index (χ2v) is 2.68. The molecule has 24 valence electrons. The van der Waals surface area contributed by atoms with Crippen LogP contribution in [0.2, 0.25) is 0 Å². The third-order valence-corrected chi connectivity index (χ3v) is 0.822. The van der Waals surface area contributed by atoms with E-state index in [2.05, 4.69) is 11.2 Å². The molecule has 0 heterocycles. The lowest BCUT2D eigenvalue weighted by molar-refractivity contribution is 0.606. The van der Waals surface area contributed by atoms with Crippen LogP contribution in [-0.4, -0.2) is 1.28 Å². The number of hydrogen-bond donors (Lipinski definition) is 0. The fraction of sp³-hybridized carbons (Fsp3) is 0. The molecule has 0 saturated carbocycles. The Bertz CT molecular complexity index is 107. The highest BCUT2D eigenvalue weighted by atomic mass is 32.9. The minimum atomic E-state index is -1.87. The summed E-state index contributed by atoms with van der Waals surface area (Å²) in [4.78, 5) is 0. The Morgan fingerprint density at radius 3 is 2.75 bits per heavy atom. The van der Waals surface area contributed by atoms with Gasteiger partial charge < -0.3 is 0 Å². The van der Waals surface area contributed by atoms with Gasteiger partial charge in [-0.1, -0.05) is 0 Å². The monoisotopic (exact) mass is 113 g/mol. The SMILES string of the molecule is [2H]P(=O)=S=S. The first-order valence-corrected chi connectivity index (χ1v) is 3.69. The molecule has 0 saturated heterocycles. The van der Waals surface area contributed by atoms with E-state index in [1.165, 1.54) is 0 Å². The van der Waals surface area contributed by atoms with E-state index in [0.29, 0.717) is 9.50 Å². The Balaban J connectivity index is 4.22. The van der Waals surface area contributed by atoms with Gasteiger partial charge in [0.2, 0.25) is 0 Å². The molecule has 0 radical (unpaired) electrons. The zero-order chi connectivity index (χ0) is 4.28. The van der Waals surface area contributed by atoms with Crippen LogP contribution in [0.4, 0.5) is 0 Å². The van der Waals surface area contributed by atoms with Gasteiger partial charge in [-0.25, -0.2) is 0 Å². The van der Waals surface area contributed by atoms with Crippen molar-refractivity contribution in [2.24, 2.45) is 0 Å². The van der Waals surface area contributed by atoms with Crippen molar-refractivity contribution in [1.29, 1.82) is 1.28 Å². The predicted octanol–water partition coefficient (Wildman–Crippen LogP) is 0.470. The first-order valence-electron chi connectivity index (χ1n) is 0.979. The minimum absolute atomic E-state index is 0.639. The quantitative estimate of drug-likeness (QED) is 0.425. The summed E-state index contributed by atoms with van der Waals surface area (Å²) in [7, 11) is -1.23. The van der Waals surface area contributed by atoms with E-state index in [1.54, 1.807) is 0 Å². The lowest BCUT2D eigenvalue weighted by Crippen LogP contribution is -0.946. The molecule has 1 unspecified atom stereocenters. The molecular weight excluding hydrogens is 111 g/mol. The second-order valence-electron chi connectivity index (χ2n) is 0.149. The number of hydrogen-bond acceptors (Lipinski definition) is 2. The molecule has 0 aromatic carbocycles. The maximum absolute atomic E-state index is 9.49. The van der Waals surface area contributed by atoms with Crippen LogP contribution >= 0.6 is 7.18 Å². The van der Waals surface area contributed by atoms with Gasteiger partial charge in [0.05, 0.1) is 0 Å². The Morgan fingerprint density at radius 1 is 2.50 bits per heavy atom. The third-order valence-electron chi connectivity index (χ3n) is 0.0304. The highest BCUT2D eigenvalue weighted by Gasteiger charge is 1.16. The summed E-state index contributed by atoms with van der Waals surface area (Å²) >= 11 is 4.12. The molecule has 0 N–H and O–H groups in total. The van der Waals surface area contributed by atoms with Crippen molar-refractivity contribution in [2.45, 2.75) is 0 Å². The van der Waals surface area contributed by atoms with Gasteiger partial charge in [-0.15, -0.1) is 0 Å². The normalized spacial score (nSPS) is 13.0. The zero-order valence-corrected chi connectivity index (χ0v) is 4.20. The standard InChI is InChI=1S/HOPS2/c1-2-4-3/h2H/i2D. The fourth-order valence-electron chi connectivity index (χ4n) is 0. The van der Waals surface area contributed by atoms with Gasteiger partial charge in [0, 0.05) is 0 Å². The molecule has 4 heteroatoms. The lowest BCUT2D eigenvalue weighted by Gasteiger charge is -1.15. The van der Waals surface area contributed by atoms with E-state index >= 15 is 0 Å². The van der Waals surface area contributed by atoms with Crippen molar-refractivity contribution in [3.8, 4) is 0 Å². The van der Waals surface area contributed by atoms with Crippen molar-refractivity contribution in [3.05, 3.63) is 0 Å². The molecule has 0 amide bonds. The Hall–Kier alpha value is 0.540. The predicted molar refractivity (Wildman–Crippen MR) is 23.7 cm³/mol.